The molecule has 8 nitrogen and oxygen atoms in total. The summed E-state index contributed by atoms with van der Waals surface area (Å²) in [5, 5.41) is 11.6. The molecular weight excluding hydrogens is 302 g/mol. The van der Waals surface area contributed by atoms with Crippen LogP contribution in [0.1, 0.15) is 19.4 Å². The number of carbonyl (C=O) groups is 3. The predicted octanol–water partition coefficient (Wildman–Crippen LogP) is -0.405. The molecule has 0 radical (unpaired) electrons. The van der Waals surface area contributed by atoms with E-state index in [4.69, 9.17) is 5.11 Å². The Balaban J connectivity index is 2.87. The molecule has 23 heavy (non-hydrogen) atoms. The molecule has 1 aromatic heterocycles. The molecule has 8 heteroatoms. The molecule has 0 fully saturated rings. The number of hydrogen-bond donors (Lipinski definition) is 2. The van der Waals surface area contributed by atoms with Crippen LogP contribution in [-0.2, 0) is 20.9 Å². The van der Waals surface area contributed by atoms with Crippen molar-refractivity contribution in [3.8, 4) is 0 Å². The van der Waals surface area contributed by atoms with Gasteiger partial charge in [0.05, 0.1) is 0 Å². The second-order valence-electron chi connectivity index (χ2n) is 5.25. The molecular formula is C15H21N3O5. The molecule has 0 aromatic carbocycles. The van der Waals surface area contributed by atoms with Crippen molar-refractivity contribution in [2.24, 2.45) is 0 Å². The smallest absolute Gasteiger partial charge is 0.326 e. The molecule has 1 aromatic rings. The number of aromatic nitrogens is 1. The lowest BCUT2D eigenvalue weighted by molar-refractivity contribution is -0.149. The third-order valence-electron chi connectivity index (χ3n) is 3.33. The highest BCUT2D eigenvalue weighted by Gasteiger charge is 2.25. The maximum absolute atomic E-state index is 12.4. The molecule has 0 aliphatic carbocycles. The van der Waals surface area contributed by atoms with E-state index in [9.17, 15) is 19.2 Å². The monoisotopic (exact) mass is 323 g/mol. The Morgan fingerprint density at radius 1 is 1.39 bits per heavy atom. The number of pyridine rings is 1. The van der Waals surface area contributed by atoms with E-state index in [2.05, 4.69) is 5.32 Å². The molecule has 0 bridgehead atoms. The summed E-state index contributed by atoms with van der Waals surface area (Å²) in [6, 6.07) is 2.03. The number of nitrogens with one attached hydrogen (secondary N) is 1. The lowest BCUT2D eigenvalue weighted by Crippen LogP contribution is -2.48. The number of aliphatic carboxylic acids is 1. The van der Waals surface area contributed by atoms with E-state index in [-0.39, 0.29) is 31.1 Å². The van der Waals surface area contributed by atoms with E-state index >= 15 is 0 Å². The average molecular weight is 323 g/mol. The highest BCUT2D eigenvalue weighted by atomic mass is 16.4. The largest absolute Gasteiger partial charge is 0.480 e. The highest BCUT2D eigenvalue weighted by Crippen LogP contribution is 2.02. The minimum absolute atomic E-state index is 0.0481. The molecule has 0 aliphatic rings. The highest BCUT2D eigenvalue weighted by molar-refractivity contribution is 5.83. The van der Waals surface area contributed by atoms with Crippen LogP contribution in [0.5, 0.6) is 0 Å². The third kappa shape index (κ3) is 5.57. The van der Waals surface area contributed by atoms with Gasteiger partial charge in [-0.1, -0.05) is 0 Å². The number of amides is 2. The number of carboxylic acids is 1. The number of carbonyl (C=O) groups excluding carboxylic acids is 2. The molecule has 1 unspecified atom stereocenters. The van der Waals surface area contributed by atoms with Crippen molar-refractivity contribution in [2.75, 3.05) is 13.1 Å². The first-order valence-corrected chi connectivity index (χ1v) is 7.16. The Morgan fingerprint density at radius 3 is 2.57 bits per heavy atom. The van der Waals surface area contributed by atoms with E-state index in [0.29, 0.717) is 0 Å². The van der Waals surface area contributed by atoms with Crippen LogP contribution in [0.3, 0.4) is 0 Å². The molecule has 0 saturated heterocycles. The van der Waals surface area contributed by atoms with Crippen molar-refractivity contribution in [1.82, 2.24) is 14.8 Å². The summed E-state index contributed by atoms with van der Waals surface area (Å²) in [6.07, 6.45) is 1.49. The van der Waals surface area contributed by atoms with Crippen LogP contribution in [0.2, 0.25) is 0 Å². The lowest BCUT2D eigenvalue weighted by atomic mass is 10.2. The number of hydrogen-bond acceptors (Lipinski definition) is 4. The van der Waals surface area contributed by atoms with Crippen LogP contribution in [-0.4, -0.2) is 51.5 Å². The summed E-state index contributed by atoms with van der Waals surface area (Å²) in [5.74, 6) is -1.93. The Labute approximate surface area is 133 Å². The van der Waals surface area contributed by atoms with E-state index in [1.807, 2.05) is 0 Å². The molecule has 1 atom stereocenters. The van der Waals surface area contributed by atoms with E-state index in [0.717, 1.165) is 10.5 Å². The number of carboxylic acid groups (broad SMARTS) is 1. The van der Waals surface area contributed by atoms with Crippen molar-refractivity contribution >= 4 is 17.8 Å². The summed E-state index contributed by atoms with van der Waals surface area (Å²) >= 11 is 0. The number of rotatable bonds is 7. The minimum Gasteiger partial charge on any atom is -0.480 e. The van der Waals surface area contributed by atoms with Crippen molar-refractivity contribution < 1.29 is 19.5 Å². The first kappa shape index (κ1) is 18.4. The molecule has 1 heterocycles. The summed E-state index contributed by atoms with van der Waals surface area (Å²) in [5.41, 5.74) is 0.447. The van der Waals surface area contributed by atoms with Gasteiger partial charge in [0.1, 0.15) is 12.6 Å². The predicted molar refractivity (Wildman–Crippen MR) is 82.9 cm³/mol. The summed E-state index contributed by atoms with van der Waals surface area (Å²) in [6.45, 7) is 4.41. The van der Waals surface area contributed by atoms with Gasteiger partial charge in [-0.2, -0.15) is 0 Å². The van der Waals surface area contributed by atoms with Crippen LogP contribution < -0.4 is 10.9 Å². The molecule has 1 rings (SSSR count). The van der Waals surface area contributed by atoms with Crippen LogP contribution in [0.4, 0.5) is 0 Å². The van der Waals surface area contributed by atoms with Gasteiger partial charge in [-0.3, -0.25) is 14.4 Å². The second kappa shape index (κ2) is 8.11. The molecule has 126 valence electrons. The maximum Gasteiger partial charge on any atom is 0.326 e. The van der Waals surface area contributed by atoms with E-state index in [1.54, 1.807) is 13.0 Å². The maximum atomic E-state index is 12.4. The van der Waals surface area contributed by atoms with Gasteiger partial charge in [0.15, 0.2) is 0 Å². The number of nitrogens with zero attached hydrogens (tertiary/aromatic N) is 2. The van der Waals surface area contributed by atoms with Crippen LogP contribution in [0.15, 0.2) is 23.1 Å². The zero-order valence-corrected chi connectivity index (χ0v) is 13.4. The summed E-state index contributed by atoms with van der Waals surface area (Å²) in [7, 11) is 0. The van der Waals surface area contributed by atoms with Gasteiger partial charge < -0.3 is 19.9 Å². The van der Waals surface area contributed by atoms with Gasteiger partial charge >= 0.3 is 5.97 Å². The molecule has 2 amide bonds. The first-order chi connectivity index (χ1) is 10.7. The molecule has 2 N–H and O–H groups in total. The minimum atomic E-state index is -1.16. The van der Waals surface area contributed by atoms with Gasteiger partial charge in [0, 0.05) is 32.3 Å². The van der Waals surface area contributed by atoms with E-state index in [1.165, 1.54) is 30.7 Å². The van der Waals surface area contributed by atoms with Crippen molar-refractivity contribution in [1.29, 1.82) is 0 Å². The fraction of sp³-hybridized carbons (Fsp3) is 0.467. The van der Waals surface area contributed by atoms with Gasteiger partial charge in [-0.15, -0.1) is 0 Å². The van der Waals surface area contributed by atoms with E-state index < -0.39 is 17.9 Å². The average Bonchev–Trinajstić information content (AvgIpc) is 2.45. The SMILES string of the molecule is CC(=O)NCCN(C(=O)Cn1ccc(C)cc1=O)C(C)C(=O)O. The molecule has 0 saturated carbocycles. The topological polar surface area (TPSA) is 109 Å². The quantitative estimate of drug-likeness (QED) is 0.709. The first-order valence-electron chi connectivity index (χ1n) is 7.16. The molecule has 0 aliphatic heterocycles. The Morgan fingerprint density at radius 2 is 2.04 bits per heavy atom. The zero-order valence-electron chi connectivity index (χ0n) is 13.4. The Hall–Kier alpha value is -2.64. The van der Waals surface area contributed by atoms with Crippen molar-refractivity contribution in [3.63, 3.8) is 0 Å². The summed E-state index contributed by atoms with van der Waals surface area (Å²) < 4.78 is 1.22. The standard InChI is InChI=1S/C15H21N3O5/c1-10-4-6-17(13(20)8-10)9-14(21)18(11(2)15(22)23)7-5-16-12(3)19/h4,6,8,11H,5,7,9H2,1-3H3,(H,16,19)(H,22,23). The van der Waals surface area contributed by atoms with Gasteiger partial charge in [0.25, 0.3) is 5.56 Å². The van der Waals surface area contributed by atoms with Gasteiger partial charge in [-0.05, 0) is 25.5 Å². The summed E-state index contributed by atoms with van der Waals surface area (Å²) in [4.78, 5) is 47.4. The second-order valence-corrected chi connectivity index (χ2v) is 5.25. The fourth-order valence-electron chi connectivity index (χ4n) is 1.99. The van der Waals surface area contributed by atoms with Crippen molar-refractivity contribution in [3.05, 3.63) is 34.2 Å². The van der Waals surface area contributed by atoms with Gasteiger partial charge in [0.2, 0.25) is 11.8 Å². The van der Waals surface area contributed by atoms with Crippen LogP contribution in [0.25, 0.3) is 0 Å². The van der Waals surface area contributed by atoms with Gasteiger partial charge in [-0.25, -0.2) is 4.79 Å². The normalized spacial score (nSPS) is 11.6. The third-order valence-corrected chi connectivity index (χ3v) is 3.33. The zero-order chi connectivity index (χ0) is 17.6. The van der Waals surface area contributed by atoms with Crippen LogP contribution in [0, 0.1) is 6.92 Å². The fourth-order valence-corrected chi connectivity index (χ4v) is 1.99. The van der Waals surface area contributed by atoms with Crippen LogP contribution >= 0.6 is 0 Å². The van der Waals surface area contributed by atoms with Crippen molar-refractivity contribution in [2.45, 2.75) is 33.4 Å². The Kier molecular flexibility index (Phi) is 6.49. The lowest BCUT2D eigenvalue weighted by Gasteiger charge is -2.27. The number of aryl methyl sites for hydroxylation is 1. The molecule has 0 spiro atoms. The Bertz CT molecular complexity index is 653.